The number of hydrogen-bond donors (Lipinski definition) is 4. The van der Waals surface area contributed by atoms with Crippen LogP contribution in [0.1, 0.15) is 24.2 Å². The number of nitrogens with one attached hydrogen (secondary N) is 3. The van der Waals surface area contributed by atoms with E-state index in [1.807, 2.05) is 30.3 Å². The van der Waals surface area contributed by atoms with E-state index in [-0.39, 0.29) is 5.56 Å². The number of hydrogen-bond acceptors (Lipinski definition) is 5. The van der Waals surface area contributed by atoms with Crippen LogP contribution < -0.4 is 15.5 Å². The summed E-state index contributed by atoms with van der Waals surface area (Å²) in [4.78, 5) is 24.6. The number of hydroxylamine groups is 1. The molecule has 0 spiro atoms. The van der Waals surface area contributed by atoms with Gasteiger partial charge in [-0.15, -0.1) is 0 Å². The van der Waals surface area contributed by atoms with Gasteiger partial charge in [0.1, 0.15) is 6.04 Å². The van der Waals surface area contributed by atoms with E-state index in [1.165, 1.54) is 19.3 Å². The lowest BCUT2D eigenvalue weighted by molar-refractivity contribution is -0.132. The molecule has 150 valence electrons. The minimum absolute atomic E-state index is 0.283. The molecule has 0 radical (unpaired) electrons. The molecule has 2 rings (SSSR count). The highest BCUT2D eigenvalue weighted by atomic mass is 32.2. The molecule has 0 saturated heterocycles. The van der Waals surface area contributed by atoms with E-state index < -0.39 is 33.4 Å². The highest BCUT2D eigenvalue weighted by Gasteiger charge is 2.38. The molecule has 0 aliphatic carbocycles. The Morgan fingerprint density at radius 2 is 1.50 bits per heavy atom. The molecule has 2 amide bonds. The highest BCUT2D eigenvalue weighted by molar-refractivity contribution is 7.88. The summed E-state index contributed by atoms with van der Waals surface area (Å²) in [6.07, 6.45) is 0.937. The molecule has 0 aromatic heterocycles. The Kier molecular flexibility index (Phi) is 6.55. The average Bonchev–Trinajstić information content (AvgIpc) is 2.64. The van der Waals surface area contributed by atoms with Gasteiger partial charge >= 0.3 is 0 Å². The molecule has 0 heterocycles. The second kappa shape index (κ2) is 8.51. The van der Waals surface area contributed by atoms with Crippen molar-refractivity contribution in [2.75, 3.05) is 6.26 Å². The third-order valence-corrected chi connectivity index (χ3v) is 4.97. The maximum Gasteiger partial charge on any atom is 0.267 e. The smallest absolute Gasteiger partial charge is 0.267 e. The Hall–Kier alpha value is -2.75. The van der Waals surface area contributed by atoms with Gasteiger partial charge < -0.3 is 5.32 Å². The lowest BCUT2D eigenvalue weighted by atomic mass is 9.94. The van der Waals surface area contributed by atoms with Crippen molar-refractivity contribution in [2.45, 2.75) is 25.4 Å². The van der Waals surface area contributed by atoms with Crippen molar-refractivity contribution in [2.24, 2.45) is 0 Å². The molecule has 0 saturated carbocycles. The van der Waals surface area contributed by atoms with Crippen molar-refractivity contribution in [3.05, 3.63) is 60.2 Å². The fourth-order valence-electron chi connectivity index (χ4n) is 2.83. The van der Waals surface area contributed by atoms with Gasteiger partial charge in [0, 0.05) is 5.56 Å². The Balaban J connectivity index is 2.22. The first-order valence-electron chi connectivity index (χ1n) is 8.43. The van der Waals surface area contributed by atoms with Crippen LogP contribution in [0.15, 0.2) is 54.6 Å². The standard InChI is InChI=1S/C19H23N3O5S/c1-19(2,22-28(3,26)27)16(18(24)21-25)20-17(23)15-11-9-14(10-12-15)13-7-5-4-6-8-13/h4-12,16,22,25H,1-3H3,(H,20,23)(H,21,24)/t16-/m1/s1. The SMILES string of the molecule is CC(C)(NS(C)(=O)=O)[C@H](NC(=O)c1ccc(-c2ccccc2)cc1)C(=O)NO. The molecule has 0 unspecified atom stereocenters. The molecular formula is C19H23N3O5S. The number of rotatable bonds is 7. The molecule has 4 N–H and O–H groups in total. The summed E-state index contributed by atoms with van der Waals surface area (Å²) in [5, 5.41) is 11.5. The van der Waals surface area contributed by atoms with Crippen molar-refractivity contribution < 1.29 is 23.2 Å². The summed E-state index contributed by atoms with van der Waals surface area (Å²) in [6.45, 7) is 2.85. The fourth-order valence-corrected chi connectivity index (χ4v) is 3.91. The van der Waals surface area contributed by atoms with Gasteiger partial charge in [-0.2, -0.15) is 0 Å². The maximum atomic E-state index is 12.6. The van der Waals surface area contributed by atoms with Gasteiger partial charge in [0.15, 0.2) is 0 Å². The van der Waals surface area contributed by atoms with E-state index in [1.54, 1.807) is 24.3 Å². The van der Waals surface area contributed by atoms with E-state index >= 15 is 0 Å². The van der Waals surface area contributed by atoms with E-state index in [0.717, 1.165) is 17.4 Å². The van der Waals surface area contributed by atoms with Crippen LogP contribution in [0.25, 0.3) is 11.1 Å². The van der Waals surface area contributed by atoms with Crippen molar-refractivity contribution in [3.63, 3.8) is 0 Å². The maximum absolute atomic E-state index is 12.6. The topological polar surface area (TPSA) is 125 Å². The Bertz CT molecular complexity index is 941. The fraction of sp³-hybridized carbons (Fsp3) is 0.263. The molecule has 28 heavy (non-hydrogen) atoms. The van der Waals surface area contributed by atoms with Gasteiger partial charge in [-0.3, -0.25) is 14.8 Å². The van der Waals surface area contributed by atoms with Crippen molar-refractivity contribution in [1.29, 1.82) is 0 Å². The lowest BCUT2D eigenvalue weighted by Crippen LogP contribution is -2.64. The van der Waals surface area contributed by atoms with Crippen LogP contribution in [0, 0.1) is 0 Å². The van der Waals surface area contributed by atoms with Gasteiger partial charge in [-0.05, 0) is 37.1 Å². The number of sulfonamides is 1. The van der Waals surface area contributed by atoms with Crippen LogP contribution in [-0.4, -0.2) is 43.3 Å². The monoisotopic (exact) mass is 405 g/mol. The highest BCUT2D eigenvalue weighted by Crippen LogP contribution is 2.19. The summed E-state index contributed by atoms with van der Waals surface area (Å²) in [6, 6.07) is 15.0. The first-order chi connectivity index (χ1) is 13.0. The molecule has 2 aromatic rings. The predicted octanol–water partition coefficient (Wildman–Crippen LogP) is 1.29. The largest absolute Gasteiger partial charge is 0.338 e. The van der Waals surface area contributed by atoms with Gasteiger partial charge in [0.25, 0.3) is 11.8 Å². The molecular weight excluding hydrogens is 382 g/mol. The summed E-state index contributed by atoms with van der Waals surface area (Å²) in [7, 11) is -3.67. The first kappa shape index (κ1) is 21.5. The van der Waals surface area contributed by atoms with Crippen LogP contribution in [0.4, 0.5) is 0 Å². The minimum Gasteiger partial charge on any atom is -0.338 e. The summed E-state index contributed by atoms with van der Waals surface area (Å²) < 4.78 is 25.4. The number of benzene rings is 2. The van der Waals surface area contributed by atoms with E-state index in [9.17, 15) is 18.0 Å². The number of carbonyl (C=O) groups excluding carboxylic acids is 2. The molecule has 0 fully saturated rings. The van der Waals surface area contributed by atoms with Crippen LogP contribution in [0.2, 0.25) is 0 Å². The third kappa shape index (κ3) is 5.62. The zero-order valence-electron chi connectivity index (χ0n) is 15.8. The Morgan fingerprint density at radius 1 is 0.964 bits per heavy atom. The quantitative estimate of drug-likeness (QED) is 0.408. The summed E-state index contributed by atoms with van der Waals surface area (Å²) >= 11 is 0. The molecule has 1 atom stereocenters. The summed E-state index contributed by atoms with van der Waals surface area (Å²) in [5.74, 6) is -1.54. The van der Waals surface area contributed by atoms with Gasteiger partial charge in [0.2, 0.25) is 10.0 Å². The zero-order chi connectivity index (χ0) is 20.9. The van der Waals surface area contributed by atoms with Crippen LogP contribution >= 0.6 is 0 Å². The third-order valence-electron chi connectivity index (χ3n) is 4.07. The molecule has 0 bridgehead atoms. The van der Waals surface area contributed by atoms with Gasteiger partial charge in [-0.1, -0.05) is 42.5 Å². The minimum atomic E-state index is -3.67. The van der Waals surface area contributed by atoms with E-state index in [0.29, 0.717) is 0 Å². The van der Waals surface area contributed by atoms with E-state index in [4.69, 9.17) is 5.21 Å². The van der Waals surface area contributed by atoms with Crippen molar-refractivity contribution >= 4 is 21.8 Å². The number of amides is 2. The average molecular weight is 405 g/mol. The Morgan fingerprint density at radius 3 is 2.00 bits per heavy atom. The predicted molar refractivity (Wildman–Crippen MR) is 105 cm³/mol. The molecule has 0 aliphatic heterocycles. The first-order valence-corrected chi connectivity index (χ1v) is 10.3. The van der Waals surface area contributed by atoms with Crippen molar-refractivity contribution in [3.8, 4) is 11.1 Å². The molecule has 2 aromatic carbocycles. The second-order valence-electron chi connectivity index (χ2n) is 6.92. The van der Waals surface area contributed by atoms with E-state index in [2.05, 4.69) is 10.0 Å². The molecule has 9 heteroatoms. The molecule has 8 nitrogen and oxygen atoms in total. The van der Waals surface area contributed by atoms with Crippen LogP contribution in [0.5, 0.6) is 0 Å². The summed E-state index contributed by atoms with van der Waals surface area (Å²) in [5.41, 5.74) is 2.26. The van der Waals surface area contributed by atoms with Crippen molar-refractivity contribution in [1.82, 2.24) is 15.5 Å². The van der Waals surface area contributed by atoms with Crippen LogP contribution in [0.3, 0.4) is 0 Å². The normalized spacial score (nSPS) is 12.9. The second-order valence-corrected chi connectivity index (χ2v) is 8.67. The van der Waals surface area contributed by atoms with Gasteiger partial charge in [-0.25, -0.2) is 18.6 Å². The zero-order valence-corrected chi connectivity index (χ0v) is 16.6. The lowest BCUT2D eigenvalue weighted by Gasteiger charge is -2.33. The molecule has 0 aliphatic rings. The van der Waals surface area contributed by atoms with Crippen LogP contribution in [-0.2, 0) is 14.8 Å². The van der Waals surface area contributed by atoms with Gasteiger partial charge in [0.05, 0.1) is 11.8 Å². The number of carbonyl (C=O) groups is 2. The Labute approximate surface area is 164 Å².